The standard InChI is InChI=1S/C20H25N3O4/c1-25-18-12-17(27-21-18)19(24)23-9-5-8-20(14-23)13-22(10-11-26-15-20)16-6-3-2-4-7-16/h2-4,6-7,12H,5,8-11,13-15H2,1H3. The van der Waals surface area contributed by atoms with Gasteiger partial charge in [-0.15, -0.1) is 0 Å². The molecule has 0 aliphatic carbocycles. The zero-order valence-corrected chi connectivity index (χ0v) is 15.6. The van der Waals surface area contributed by atoms with Gasteiger partial charge in [-0.05, 0) is 30.1 Å². The van der Waals surface area contributed by atoms with Gasteiger partial charge in [-0.2, -0.15) is 0 Å². The molecule has 2 fully saturated rings. The van der Waals surface area contributed by atoms with Crippen LogP contribution >= 0.6 is 0 Å². The van der Waals surface area contributed by atoms with Crippen molar-refractivity contribution in [1.82, 2.24) is 10.1 Å². The number of anilines is 1. The summed E-state index contributed by atoms with van der Waals surface area (Å²) in [4.78, 5) is 17.1. The highest BCUT2D eigenvalue weighted by Gasteiger charge is 2.41. The molecule has 1 aromatic carbocycles. The Morgan fingerprint density at radius 3 is 2.85 bits per heavy atom. The molecule has 2 aliphatic rings. The van der Waals surface area contributed by atoms with Crippen LogP contribution in [0.1, 0.15) is 23.4 Å². The van der Waals surface area contributed by atoms with Crippen LogP contribution in [0.15, 0.2) is 40.9 Å². The molecule has 0 saturated carbocycles. The Labute approximate surface area is 158 Å². The predicted molar refractivity (Wildman–Crippen MR) is 100 cm³/mol. The van der Waals surface area contributed by atoms with Gasteiger partial charge in [0, 0.05) is 37.3 Å². The minimum absolute atomic E-state index is 0.0790. The fraction of sp³-hybridized carbons (Fsp3) is 0.500. The third kappa shape index (κ3) is 3.78. The van der Waals surface area contributed by atoms with Crippen molar-refractivity contribution in [3.05, 3.63) is 42.2 Å². The highest BCUT2D eigenvalue weighted by molar-refractivity contribution is 5.91. The van der Waals surface area contributed by atoms with Gasteiger partial charge in [-0.1, -0.05) is 18.2 Å². The lowest BCUT2D eigenvalue weighted by atomic mass is 9.80. The lowest BCUT2D eigenvalue weighted by Crippen LogP contribution is -2.52. The van der Waals surface area contributed by atoms with Crippen LogP contribution in [0, 0.1) is 5.41 Å². The van der Waals surface area contributed by atoms with E-state index in [2.05, 4.69) is 34.3 Å². The van der Waals surface area contributed by atoms with E-state index < -0.39 is 0 Å². The average Bonchev–Trinajstić information content (AvgIpc) is 3.11. The van der Waals surface area contributed by atoms with E-state index in [1.165, 1.54) is 12.8 Å². The quantitative estimate of drug-likeness (QED) is 0.826. The fourth-order valence-corrected chi connectivity index (χ4v) is 4.09. The summed E-state index contributed by atoms with van der Waals surface area (Å²) in [7, 11) is 1.50. The molecule has 2 aliphatic heterocycles. The molecule has 1 amide bonds. The van der Waals surface area contributed by atoms with Crippen LogP contribution in [0.25, 0.3) is 0 Å². The fourth-order valence-electron chi connectivity index (χ4n) is 4.09. The summed E-state index contributed by atoms with van der Waals surface area (Å²) >= 11 is 0. The zero-order valence-electron chi connectivity index (χ0n) is 15.6. The maximum atomic E-state index is 12.9. The number of hydrogen-bond acceptors (Lipinski definition) is 6. The van der Waals surface area contributed by atoms with E-state index in [1.807, 2.05) is 11.0 Å². The van der Waals surface area contributed by atoms with Crippen LogP contribution < -0.4 is 9.64 Å². The Hall–Kier alpha value is -2.54. The largest absolute Gasteiger partial charge is 0.479 e. The summed E-state index contributed by atoms with van der Waals surface area (Å²) < 4.78 is 16.1. The Kier molecular flexibility index (Phi) is 5.03. The molecule has 1 aromatic heterocycles. The van der Waals surface area contributed by atoms with Gasteiger partial charge < -0.3 is 23.8 Å². The number of aromatic nitrogens is 1. The molecule has 0 bridgehead atoms. The highest BCUT2D eigenvalue weighted by atomic mass is 16.5. The van der Waals surface area contributed by atoms with Gasteiger partial charge in [-0.25, -0.2) is 0 Å². The van der Waals surface area contributed by atoms with E-state index in [0.29, 0.717) is 25.6 Å². The summed E-state index contributed by atoms with van der Waals surface area (Å²) in [5, 5.41) is 3.74. The number of rotatable bonds is 3. The molecule has 7 heteroatoms. The summed E-state index contributed by atoms with van der Waals surface area (Å²) in [5.41, 5.74) is 1.12. The SMILES string of the molecule is COc1cc(C(=O)N2CCCC3(COCCN(c4ccccc4)C3)C2)on1. The molecule has 4 rings (SSSR count). The van der Waals surface area contributed by atoms with E-state index in [-0.39, 0.29) is 17.1 Å². The average molecular weight is 371 g/mol. The van der Waals surface area contributed by atoms with Crippen LogP contribution in [-0.4, -0.2) is 62.5 Å². The zero-order chi connectivity index (χ0) is 18.7. The molecule has 27 heavy (non-hydrogen) atoms. The molecule has 144 valence electrons. The lowest BCUT2D eigenvalue weighted by molar-refractivity contribution is 0.0119. The molecular weight excluding hydrogens is 346 g/mol. The number of amides is 1. The maximum absolute atomic E-state index is 12.9. The summed E-state index contributed by atoms with van der Waals surface area (Å²) in [6, 6.07) is 11.9. The molecule has 1 spiro atoms. The first-order valence-electron chi connectivity index (χ1n) is 9.37. The molecule has 1 unspecified atom stereocenters. The molecule has 0 N–H and O–H groups in total. The number of nitrogens with zero attached hydrogens (tertiary/aromatic N) is 3. The summed E-state index contributed by atoms with van der Waals surface area (Å²) in [6.07, 6.45) is 1.99. The Morgan fingerprint density at radius 1 is 1.22 bits per heavy atom. The smallest absolute Gasteiger partial charge is 0.292 e. The van der Waals surface area contributed by atoms with Gasteiger partial charge in [0.2, 0.25) is 5.76 Å². The Bertz CT molecular complexity index is 779. The van der Waals surface area contributed by atoms with E-state index in [4.69, 9.17) is 14.0 Å². The number of carbonyl (C=O) groups excluding carboxylic acids is 1. The lowest BCUT2D eigenvalue weighted by Gasteiger charge is -2.43. The third-order valence-electron chi connectivity index (χ3n) is 5.42. The van der Waals surface area contributed by atoms with E-state index in [1.54, 1.807) is 6.07 Å². The first kappa shape index (κ1) is 17.9. The molecule has 2 aromatic rings. The van der Waals surface area contributed by atoms with Gasteiger partial charge in [0.25, 0.3) is 11.8 Å². The molecule has 3 heterocycles. The van der Waals surface area contributed by atoms with Crippen molar-refractivity contribution in [3.63, 3.8) is 0 Å². The van der Waals surface area contributed by atoms with Gasteiger partial charge >= 0.3 is 0 Å². The third-order valence-corrected chi connectivity index (χ3v) is 5.42. The normalized spacial score (nSPS) is 23.3. The first-order chi connectivity index (χ1) is 13.2. The van der Waals surface area contributed by atoms with Crippen LogP contribution in [0.5, 0.6) is 5.88 Å². The molecule has 7 nitrogen and oxygen atoms in total. The Morgan fingerprint density at radius 2 is 2.07 bits per heavy atom. The molecular formula is C20H25N3O4. The number of piperidine rings is 1. The van der Waals surface area contributed by atoms with Crippen molar-refractivity contribution >= 4 is 11.6 Å². The molecule has 0 radical (unpaired) electrons. The molecule has 2 saturated heterocycles. The Balaban J connectivity index is 1.52. The van der Waals surface area contributed by atoms with Crippen molar-refractivity contribution in [3.8, 4) is 5.88 Å². The second-order valence-corrected chi connectivity index (χ2v) is 7.37. The van der Waals surface area contributed by atoms with Crippen molar-refractivity contribution in [1.29, 1.82) is 0 Å². The van der Waals surface area contributed by atoms with Crippen LogP contribution in [-0.2, 0) is 4.74 Å². The van der Waals surface area contributed by atoms with Crippen LogP contribution in [0.3, 0.4) is 0 Å². The van der Waals surface area contributed by atoms with E-state index in [9.17, 15) is 4.79 Å². The van der Waals surface area contributed by atoms with E-state index in [0.717, 1.165) is 32.5 Å². The van der Waals surface area contributed by atoms with Gasteiger partial charge in [0.1, 0.15) is 0 Å². The van der Waals surface area contributed by atoms with Gasteiger partial charge in [0.05, 0.1) is 26.4 Å². The summed E-state index contributed by atoms with van der Waals surface area (Å²) in [5.74, 6) is 0.400. The van der Waals surface area contributed by atoms with Crippen molar-refractivity contribution < 1.29 is 18.8 Å². The second kappa shape index (κ2) is 7.60. The van der Waals surface area contributed by atoms with Crippen LogP contribution in [0.2, 0.25) is 0 Å². The van der Waals surface area contributed by atoms with Gasteiger partial charge in [-0.3, -0.25) is 4.79 Å². The van der Waals surface area contributed by atoms with E-state index >= 15 is 0 Å². The number of likely N-dealkylation sites (tertiary alicyclic amines) is 1. The highest BCUT2D eigenvalue weighted by Crippen LogP contribution is 2.35. The number of benzene rings is 1. The monoisotopic (exact) mass is 371 g/mol. The summed E-state index contributed by atoms with van der Waals surface area (Å²) in [6.45, 7) is 4.47. The van der Waals surface area contributed by atoms with Crippen molar-refractivity contribution in [2.75, 3.05) is 51.4 Å². The topological polar surface area (TPSA) is 68.0 Å². The number of hydrogen-bond donors (Lipinski definition) is 0. The van der Waals surface area contributed by atoms with Crippen LogP contribution in [0.4, 0.5) is 5.69 Å². The number of ether oxygens (including phenoxy) is 2. The maximum Gasteiger partial charge on any atom is 0.292 e. The first-order valence-corrected chi connectivity index (χ1v) is 9.37. The van der Waals surface area contributed by atoms with Gasteiger partial charge in [0.15, 0.2) is 0 Å². The minimum atomic E-state index is -0.139. The predicted octanol–water partition coefficient (Wildman–Crippen LogP) is 2.44. The number of methoxy groups -OCH3 is 1. The minimum Gasteiger partial charge on any atom is -0.479 e. The number of para-hydroxylation sites is 1. The van der Waals surface area contributed by atoms with Crippen molar-refractivity contribution in [2.45, 2.75) is 12.8 Å². The second-order valence-electron chi connectivity index (χ2n) is 7.37. The molecule has 1 atom stereocenters. The van der Waals surface area contributed by atoms with Crippen molar-refractivity contribution in [2.24, 2.45) is 5.41 Å². The number of carbonyl (C=O) groups is 1.